The Hall–Kier alpha value is -6.74. The fraction of sp³-hybridized carbons (Fsp3) is 0. The summed E-state index contributed by atoms with van der Waals surface area (Å²) in [6, 6.07) is 77.2. The third kappa shape index (κ3) is 5.74. The summed E-state index contributed by atoms with van der Waals surface area (Å²) >= 11 is 1.86. The van der Waals surface area contributed by atoms with E-state index in [1.54, 1.807) is 0 Å². The van der Waals surface area contributed by atoms with Gasteiger partial charge in [0, 0.05) is 37.1 Å². The molecule has 0 fully saturated rings. The van der Waals surface area contributed by atoms with E-state index >= 15 is 0 Å². The Balaban J connectivity index is 1.21. The van der Waals surface area contributed by atoms with Crippen molar-refractivity contribution in [3.05, 3.63) is 212 Å². The molecule has 0 spiro atoms. The lowest BCUT2D eigenvalue weighted by Crippen LogP contribution is -2.11. The van der Waals surface area contributed by atoms with Crippen LogP contribution in [0.25, 0.3) is 75.5 Å². The van der Waals surface area contributed by atoms with Crippen molar-refractivity contribution >= 4 is 59.3 Å². The predicted molar refractivity (Wildman–Crippen MR) is 233 cm³/mol. The van der Waals surface area contributed by atoms with Crippen molar-refractivity contribution in [2.45, 2.75) is 0 Å². The van der Waals surface area contributed by atoms with E-state index in [2.05, 4.69) is 217 Å². The molecule has 0 bridgehead atoms. The summed E-state index contributed by atoms with van der Waals surface area (Å²) in [5, 5.41) is 5.08. The molecule has 0 aliphatic carbocycles. The Morgan fingerprint density at radius 1 is 0.333 bits per heavy atom. The minimum atomic E-state index is 1.10. The molecule has 1 nitrogen and oxygen atoms in total. The van der Waals surface area contributed by atoms with Crippen molar-refractivity contribution in [1.82, 2.24) is 0 Å². The molecule has 0 aliphatic heterocycles. The molecule has 0 saturated carbocycles. The molecular formula is C52H35NS. The first kappa shape index (κ1) is 32.0. The van der Waals surface area contributed by atoms with Gasteiger partial charge in [-0.3, -0.25) is 0 Å². The molecule has 9 aromatic carbocycles. The van der Waals surface area contributed by atoms with Gasteiger partial charge >= 0.3 is 0 Å². The third-order valence-electron chi connectivity index (χ3n) is 10.5. The molecule has 1 aromatic heterocycles. The highest BCUT2D eigenvalue weighted by atomic mass is 32.1. The largest absolute Gasteiger partial charge is 0.310 e. The minimum Gasteiger partial charge on any atom is -0.310 e. The number of nitrogens with zero attached hydrogens (tertiary/aromatic N) is 1. The van der Waals surface area contributed by atoms with Gasteiger partial charge in [0.1, 0.15) is 0 Å². The zero-order valence-corrected chi connectivity index (χ0v) is 30.4. The zero-order valence-electron chi connectivity index (χ0n) is 29.6. The lowest BCUT2D eigenvalue weighted by atomic mass is 9.93. The average Bonchev–Trinajstić information content (AvgIpc) is 3.63. The van der Waals surface area contributed by atoms with E-state index in [-0.39, 0.29) is 0 Å². The van der Waals surface area contributed by atoms with Crippen LogP contribution in [0.4, 0.5) is 17.1 Å². The van der Waals surface area contributed by atoms with E-state index in [0.717, 1.165) is 17.1 Å². The van der Waals surface area contributed by atoms with Crippen LogP contribution < -0.4 is 4.90 Å². The van der Waals surface area contributed by atoms with Gasteiger partial charge < -0.3 is 4.90 Å². The smallest absolute Gasteiger partial charge is 0.0547 e. The number of thiophene rings is 1. The van der Waals surface area contributed by atoms with E-state index < -0.39 is 0 Å². The van der Waals surface area contributed by atoms with Crippen molar-refractivity contribution in [3.8, 4) is 44.5 Å². The maximum Gasteiger partial charge on any atom is 0.0547 e. The molecule has 10 rings (SSSR count). The molecular weight excluding hydrogens is 671 g/mol. The standard InChI is InChI=1S/C52H35NS/c1-3-13-36(14-4-1)38-25-29-43(30-26-38)53(44-31-27-40(28-32-44)46-23-12-18-39-17-7-8-21-45(39)46)48-33-34-50-52(47-22-9-10-24-49(47)54-50)51(48)42-20-11-19-41(35-42)37-15-5-2-6-16-37/h1-35H. The van der Waals surface area contributed by atoms with Crippen molar-refractivity contribution < 1.29 is 0 Å². The van der Waals surface area contributed by atoms with Crippen LogP contribution in [0.2, 0.25) is 0 Å². The molecule has 0 radical (unpaired) electrons. The van der Waals surface area contributed by atoms with E-state index in [4.69, 9.17) is 0 Å². The van der Waals surface area contributed by atoms with Crippen LogP contribution in [0, 0.1) is 0 Å². The molecule has 0 aliphatic rings. The normalized spacial score (nSPS) is 11.3. The highest BCUT2D eigenvalue weighted by molar-refractivity contribution is 7.26. The molecule has 0 saturated heterocycles. The SMILES string of the molecule is c1ccc(-c2ccc(N(c3ccc(-c4cccc5ccccc45)cc3)c3ccc4sc5ccccc5c4c3-c3cccc(-c4ccccc4)c3)cc2)cc1. The number of fused-ring (bicyclic) bond motifs is 4. The average molecular weight is 706 g/mol. The monoisotopic (exact) mass is 705 g/mol. The van der Waals surface area contributed by atoms with E-state index in [1.165, 1.54) is 75.5 Å². The highest BCUT2D eigenvalue weighted by Gasteiger charge is 2.22. The van der Waals surface area contributed by atoms with Gasteiger partial charge in [-0.1, -0.05) is 164 Å². The Morgan fingerprint density at radius 3 is 1.61 bits per heavy atom. The van der Waals surface area contributed by atoms with Crippen molar-refractivity contribution in [2.75, 3.05) is 4.90 Å². The second-order valence-corrected chi connectivity index (χ2v) is 14.8. The zero-order chi connectivity index (χ0) is 35.8. The summed E-state index contributed by atoms with van der Waals surface area (Å²) < 4.78 is 2.58. The van der Waals surface area contributed by atoms with Gasteiger partial charge in [-0.15, -0.1) is 11.3 Å². The summed E-state index contributed by atoms with van der Waals surface area (Å²) in [4.78, 5) is 2.44. The number of hydrogen-bond donors (Lipinski definition) is 0. The molecule has 1 heterocycles. The van der Waals surface area contributed by atoms with Crippen LogP contribution in [0.3, 0.4) is 0 Å². The number of anilines is 3. The first-order valence-electron chi connectivity index (χ1n) is 18.4. The quantitative estimate of drug-likeness (QED) is 0.160. The summed E-state index contributed by atoms with van der Waals surface area (Å²) in [5.41, 5.74) is 13.0. The van der Waals surface area contributed by atoms with Gasteiger partial charge in [-0.25, -0.2) is 0 Å². The maximum atomic E-state index is 2.44. The molecule has 0 atom stereocenters. The second-order valence-electron chi connectivity index (χ2n) is 13.7. The molecule has 0 N–H and O–H groups in total. The van der Waals surface area contributed by atoms with Crippen LogP contribution in [0.1, 0.15) is 0 Å². The number of benzene rings is 9. The van der Waals surface area contributed by atoms with Crippen LogP contribution in [-0.2, 0) is 0 Å². The third-order valence-corrected chi connectivity index (χ3v) is 11.6. The van der Waals surface area contributed by atoms with Crippen LogP contribution in [0.5, 0.6) is 0 Å². The Morgan fingerprint density at radius 2 is 0.870 bits per heavy atom. The van der Waals surface area contributed by atoms with Gasteiger partial charge in [0.15, 0.2) is 0 Å². The molecule has 2 heteroatoms. The van der Waals surface area contributed by atoms with Gasteiger partial charge in [-0.2, -0.15) is 0 Å². The Kier molecular flexibility index (Phi) is 8.09. The molecule has 0 unspecified atom stereocenters. The summed E-state index contributed by atoms with van der Waals surface area (Å²) in [5.74, 6) is 0. The van der Waals surface area contributed by atoms with Crippen molar-refractivity contribution in [2.24, 2.45) is 0 Å². The highest BCUT2D eigenvalue weighted by Crippen LogP contribution is 2.49. The number of rotatable bonds is 7. The first-order chi connectivity index (χ1) is 26.8. The summed E-state index contributed by atoms with van der Waals surface area (Å²) in [7, 11) is 0. The molecule has 0 amide bonds. The van der Waals surface area contributed by atoms with Gasteiger partial charge in [-0.05, 0) is 98.2 Å². The van der Waals surface area contributed by atoms with E-state index in [0.29, 0.717) is 0 Å². The lowest BCUT2D eigenvalue weighted by molar-refractivity contribution is 1.29. The first-order valence-corrected chi connectivity index (χ1v) is 19.2. The van der Waals surface area contributed by atoms with Crippen molar-refractivity contribution in [3.63, 3.8) is 0 Å². The fourth-order valence-corrected chi connectivity index (χ4v) is 9.01. The molecule has 54 heavy (non-hydrogen) atoms. The van der Waals surface area contributed by atoms with Gasteiger partial charge in [0.25, 0.3) is 0 Å². The van der Waals surface area contributed by atoms with E-state index in [9.17, 15) is 0 Å². The lowest BCUT2D eigenvalue weighted by Gasteiger charge is -2.29. The van der Waals surface area contributed by atoms with E-state index in [1.807, 2.05) is 11.3 Å². The van der Waals surface area contributed by atoms with Crippen LogP contribution in [-0.4, -0.2) is 0 Å². The maximum absolute atomic E-state index is 2.44. The van der Waals surface area contributed by atoms with Crippen LogP contribution in [0.15, 0.2) is 212 Å². The fourth-order valence-electron chi connectivity index (χ4n) is 7.90. The molecule has 10 aromatic rings. The Bertz CT molecular complexity index is 2900. The predicted octanol–water partition coefficient (Wildman–Crippen LogP) is 15.3. The summed E-state index contributed by atoms with van der Waals surface area (Å²) in [6.07, 6.45) is 0. The molecule has 254 valence electrons. The minimum absolute atomic E-state index is 1.10. The van der Waals surface area contributed by atoms with Crippen molar-refractivity contribution in [1.29, 1.82) is 0 Å². The van der Waals surface area contributed by atoms with Gasteiger partial charge in [0.2, 0.25) is 0 Å². The second kappa shape index (κ2) is 13.7. The Labute approximate surface area is 319 Å². The topological polar surface area (TPSA) is 3.24 Å². The summed E-state index contributed by atoms with van der Waals surface area (Å²) in [6.45, 7) is 0. The van der Waals surface area contributed by atoms with Crippen LogP contribution >= 0.6 is 11.3 Å². The van der Waals surface area contributed by atoms with Gasteiger partial charge in [0.05, 0.1) is 5.69 Å². The number of hydrogen-bond acceptors (Lipinski definition) is 2.